The van der Waals surface area contributed by atoms with E-state index in [9.17, 15) is 22.8 Å². The van der Waals surface area contributed by atoms with Crippen molar-refractivity contribution in [2.75, 3.05) is 25.0 Å². The molecule has 0 N–H and O–H groups in total. The van der Waals surface area contributed by atoms with Gasteiger partial charge in [0.25, 0.3) is 5.91 Å². The quantitative estimate of drug-likeness (QED) is 0.549. The molecule has 0 bridgehead atoms. The molecule has 1 heterocycles. The Hall–Kier alpha value is -3.35. The molecular formula is C25H23F3N2O2. The van der Waals surface area contributed by atoms with Crippen LogP contribution >= 0.6 is 0 Å². The Morgan fingerprint density at radius 3 is 2.16 bits per heavy atom. The van der Waals surface area contributed by atoms with Gasteiger partial charge in [0.05, 0.1) is 5.56 Å². The summed E-state index contributed by atoms with van der Waals surface area (Å²) in [4.78, 5) is 29.0. The Kier molecular flexibility index (Phi) is 5.91. The van der Waals surface area contributed by atoms with E-state index < -0.39 is 11.7 Å². The maximum absolute atomic E-state index is 13.0. The number of amides is 2. The lowest BCUT2D eigenvalue weighted by atomic mass is 9.94. The normalized spacial score (nSPS) is 15.1. The minimum Gasteiger partial charge on any atom is -0.339 e. The maximum Gasteiger partial charge on any atom is 0.416 e. The number of carbonyl (C=O) groups is 2. The van der Waals surface area contributed by atoms with Gasteiger partial charge in [0.1, 0.15) is 0 Å². The van der Waals surface area contributed by atoms with Crippen LogP contribution in [0.2, 0.25) is 0 Å². The molecule has 3 aromatic rings. The smallest absolute Gasteiger partial charge is 0.339 e. The molecule has 32 heavy (non-hydrogen) atoms. The van der Waals surface area contributed by atoms with Crippen LogP contribution in [-0.4, -0.2) is 36.9 Å². The van der Waals surface area contributed by atoms with Crippen LogP contribution in [0.4, 0.5) is 18.9 Å². The first kappa shape index (κ1) is 21.9. The number of nitrogens with zero attached hydrogens (tertiary/aromatic N) is 2. The fourth-order valence-corrected chi connectivity index (χ4v) is 4.10. The highest BCUT2D eigenvalue weighted by atomic mass is 19.4. The van der Waals surface area contributed by atoms with Gasteiger partial charge >= 0.3 is 6.18 Å². The van der Waals surface area contributed by atoms with E-state index >= 15 is 0 Å². The van der Waals surface area contributed by atoms with Crippen LogP contribution < -0.4 is 4.90 Å². The standard InChI is InChI=1S/C25H23F3N2O2/c1-29(22-11-8-17-4-2-3-5-20(17)16-22)23(31)19-12-14-30(15-13-19)24(32)18-6-9-21(10-7-18)25(26,27)28/h2-11,16,19H,12-15H2,1H3. The lowest BCUT2D eigenvalue weighted by molar-refractivity contribution is -0.137. The average molecular weight is 440 g/mol. The molecule has 1 saturated heterocycles. The summed E-state index contributed by atoms with van der Waals surface area (Å²) in [5.41, 5.74) is 0.253. The summed E-state index contributed by atoms with van der Waals surface area (Å²) in [6.07, 6.45) is -3.40. The second-order valence-electron chi connectivity index (χ2n) is 8.07. The average Bonchev–Trinajstić information content (AvgIpc) is 2.82. The summed E-state index contributed by atoms with van der Waals surface area (Å²) in [5.74, 6) is -0.516. The Morgan fingerprint density at radius 2 is 1.53 bits per heavy atom. The molecule has 0 atom stereocenters. The van der Waals surface area contributed by atoms with Crippen LogP contribution in [0.15, 0.2) is 66.7 Å². The van der Waals surface area contributed by atoms with E-state index in [2.05, 4.69) is 0 Å². The fraction of sp³-hybridized carbons (Fsp3) is 0.280. The van der Waals surface area contributed by atoms with E-state index in [0.717, 1.165) is 28.6 Å². The van der Waals surface area contributed by atoms with Gasteiger partial charge in [0.15, 0.2) is 0 Å². The zero-order valence-corrected chi connectivity index (χ0v) is 17.6. The predicted molar refractivity (Wildman–Crippen MR) is 117 cm³/mol. The van der Waals surface area contributed by atoms with Gasteiger partial charge in [-0.05, 0) is 60.0 Å². The number of halogens is 3. The van der Waals surface area contributed by atoms with Gasteiger partial charge in [0.2, 0.25) is 5.91 Å². The van der Waals surface area contributed by atoms with Gasteiger partial charge < -0.3 is 9.80 Å². The summed E-state index contributed by atoms with van der Waals surface area (Å²) < 4.78 is 38.2. The van der Waals surface area contributed by atoms with E-state index in [4.69, 9.17) is 0 Å². The van der Waals surface area contributed by atoms with Crippen molar-refractivity contribution in [2.24, 2.45) is 5.92 Å². The van der Waals surface area contributed by atoms with Crippen LogP contribution in [0.25, 0.3) is 10.8 Å². The van der Waals surface area contributed by atoms with Crippen molar-refractivity contribution in [3.63, 3.8) is 0 Å². The number of anilines is 1. The van der Waals surface area contributed by atoms with Crippen LogP contribution in [0, 0.1) is 5.92 Å². The highest BCUT2D eigenvalue weighted by molar-refractivity contribution is 5.98. The largest absolute Gasteiger partial charge is 0.416 e. The number of fused-ring (bicyclic) bond motifs is 1. The zero-order valence-electron chi connectivity index (χ0n) is 17.6. The van der Waals surface area contributed by atoms with Crippen molar-refractivity contribution in [3.05, 3.63) is 77.9 Å². The number of rotatable bonds is 3. The molecule has 2 amide bonds. The first-order chi connectivity index (χ1) is 15.2. The van der Waals surface area contributed by atoms with Crippen molar-refractivity contribution >= 4 is 28.3 Å². The second-order valence-corrected chi connectivity index (χ2v) is 8.07. The molecule has 1 aliphatic heterocycles. The van der Waals surface area contributed by atoms with Gasteiger partial charge in [-0.1, -0.05) is 30.3 Å². The fourth-order valence-electron chi connectivity index (χ4n) is 4.10. The van der Waals surface area contributed by atoms with E-state index in [1.807, 2.05) is 42.5 Å². The number of benzene rings is 3. The van der Waals surface area contributed by atoms with E-state index in [1.165, 1.54) is 12.1 Å². The second kappa shape index (κ2) is 8.65. The van der Waals surface area contributed by atoms with Gasteiger partial charge in [-0.25, -0.2) is 0 Å². The number of piperidine rings is 1. The third-order valence-electron chi connectivity index (χ3n) is 6.04. The molecular weight excluding hydrogens is 417 g/mol. The highest BCUT2D eigenvalue weighted by Crippen LogP contribution is 2.30. The lowest BCUT2D eigenvalue weighted by Gasteiger charge is -2.33. The molecule has 0 spiro atoms. The summed E-state index contributed by atoms with van der Waals surface area (Å²) >= 11 is 0. The molecule has 0 aromatic heterocycles. The van der Waals surface area contributed by atoms with Crippen molar-refractivity contribution in [1.29, 1.82) is 0 Å². The van der Waals surface area contributed by atoms with Crippen LogP contribution in [-0.2, 0) is 11.0 Å². The summed E-state index contributed by atoms with van der Waals surface area (Å²) in [7, 11) is 1.76. The van der Waals surface area contributed by atoms with Gasteiger partial charge in [-0.2, -0.15) is 13.2 Å². The number of alkyl halides is 3. The third-order valence-corrected chi connectivity index (χ3v) is 6.04. The van der Waals surface area contributed by atoms with Crippen LogP contribution in [0.5, 0.6) is 0 Å². The predicted octanol–water partition coefficient (Wildman–Crippen LogP) is 5.37. The highest BCUT2D eigenvalue weighted by Gasteiger charge is 2.32. The monoisotopic (exact) mass is 440 g/mol. The molecule has 1 fully saturated rings. The zero-order chi connectivity index (χ0) is 22.9. The van der Waals surface area contributed by atoms with E-state index in [1.54, 1.807) is 16.8 Å². The molecule has 0 saturated carbocycles. The van der Waals surface area contributed by atoms with Crippen LogP contribution in [0.1, 0.15) is 28.8 Å². The van der Waals surface area contributed by atoms with Gasteiger partial charge in [-0.15, -0.1) is 0 Å². The number of carbonyl (C=O) groups excluding carboxylic acids is 2. The summed E-state index contributed by atoms with van der Waals surface area (Å²) in [6.45, 7) is 0.781. The third kappa shape index (κ3) is 4.47. The minimum atomic E-state index is -4.43. The SMILES string of the molecule is CN(C(=O)C1CCN(C(=O)c2ccc(C(F)(F)F)cc2)CC1)c1ccc2ccccc2c1. The topological polar surface area (TPSA) is 40.6 Å². The molecule has 166 valence electrons. The molecule has 7 heteroatoms. The molecule has 0 aliphatic carbocycles. The van der Waals surface area contributed by atoms with Crippen molar-refractivity contribution in [1.82, 2.24) is 4.90 Å². The summed E-state index contributed by atoms with van der Waals surface area (Å²) in [5, 5.41) is 2.16. The maximum atomic E-state index is 13.0. The molecule has 0 unspecified atom stereocenters. The Labute approximate surface area is 184 Å². The van der Waals surface area contributed by atoms with Gasteiger partial charge in [0, 0.05) is 37.3 Å². The van der Waals surface area contributed by atoms with E-state index in [0.29, 0.717) is 25.9 Å². The lowest BCUT2D eigenvalue weighted by Crippen LogP contribution is -2.43. The van der Waals surface area contributed by atoms with Gasteiger partial charge in [-0.3, -0.25) is 9.59 Å². The minimum absolute atomic E-state index is 0.00177. The van der Waals surface area contributed by atoms with Crippen molar-refractivity contribution in [2.45, 2.75) is 19.0 Å². The van der Waals surface area contributed by atoms with Crippen molar-refractivity contribution < 1.29 is 22.8 Å². The first-order valence-electron chi connectivity index (χ1n) is 10.5. The summed E-state index contributed by atoms with van der Waals surface area (Å²) in [6, 6.07) is 18.1. The Bertz CT molecular complexity index is 1130. The first-order valence-corrected chi connectivity index (χ1v) is 10.5. The van der Waals surface area contributed by atoms with Crippen molar-refractivity contribution in [3.8, 4) is 0 Å². The Balaban J connectivity index is 1.38. The Morgan fingerprint density at radius 1 is 0.906 bits per heavy atom. The molecule has 3 aromatic carbocycles. The van der Waals surface area contributed by atoms with E-state index in [-0.39, 0.29) is 23.3 Å². The number of hydrogen-bond acceptors (Lipinski definition) is 2. The van der Waals surface area contributed by atoms with Crippen LogP contribution in [0.3, 0.4) is 0 Å². The number of hydrogen-bond donors (Lipinski definition) is 0. The number of likely N-dealkylation sites (tertiary alicyclic amines) is 1. The molecule has 1 aliphatic rings. The molecule has 0 radical (unpaired) electrons. The molecule has 4 rings (SSSR count). The molecule has 4 nitrogen and oxygen atoms in total.